The molecule has 0 spiro atoms. The van der Waals surface area contributed by atoms with E-state index in [1.54, 1.807) is 0 Å². The summed E-state index contributed by atoms with van der Waals surface area (Å²) in [6.45, 7) is 2.35. The van der Waals surface area contributed by atoms with Gasteiger partial charge in [-0.1, -0.05) is 23.2 Å². The molecule has 0 heterocycles. The van der Waals surface area contributed by atoms with E-state index in [0.29, 0.717) is 11.5 Å². The fourth-order valence-electron chi connectivity index (χ4n) is 5.70. The van der Waals surface area contributed by atoms with Gasteiger partial charge >= 0.3 is 0 Å². The minimum Gasteiger partial charge on any atom is -0.381 e. The fraction of sp³-hybridized carbons (Fsp3) is 0.667. The van der Waals surface area contributed by atoms with Crippen LogP contribution in [-0.4, -0.2) is 6.04 Å². The van der Waals surface area contributed by atoms with E-state index in [2.05, 4.69) is 12.2 Å². The molecule has 0 radical (unpaired) electrons. The number of halogens is 2. The average molecular weight is 324 g/mol. The minimum atomic E-state index is 0.474. The number of rotatable bonds is 3. The second-order valence-electron chi connectivity index (χ2n) is 7.77. The van der Waals surface area contributed by atoms with Gasteiger partial charge in [-0.2, -0.15) is 0 Å². The molecule has 1 aromatic rings. The Morgan fingerprint density at radius 2 is 1.62 bits per heavy atom. The van der Waals surface area contributed by atoms with Gasteiger partial charge in [0.25, 0.3) is 0 Å². The predicted octanol–water partition coefficient (Wildman–Crippen LogP) is 6.01. The molecule has 4 fully saturated rings. The van der Waals surface area contributed by atoms with Crippen molar-refractivity contribution in [2.75, 3.05) is 5.32 Å². The molecule has 4 saturated carbocycles. The molecule has 5 rings (SSSR count). The van der Waals surface area contributed by atoms with Crippen molar-refractivity contribution in [2.24, 2.45) is 23.2 Å². The Balaban J connectivity index is 1.57. The van der Waals surface area contributed by atoms with Crippen LogP contribution in [0.1, 0.15) is 45.4 Å². The highest BCUT2D eigenvalue weighted by molar-refractivity contribution is 6.35. The topological polar surface area (TPSA) is 12.0 Å². The van der Waals surface area contributed by atoms with Crippen molar-refractivity contribution in [3.8, 4) is 0 Å². The number of anilines is 1. The zero-order valence-corrected chi connectivity index (χ0v) is 14.1. The van der Waals surface area contributed by atoms with Crippen molar-refractivity contribution in [3.63, 3.8) is 0 Å². The second kappa shape index (κ2) is 5.06. The van der Waals surface area contributed by atoms with Gasteiger partial charge in [-0.05, 0) is 86.8 Å². The van der Waals surface area contributed by atoms with Crippen LogP contribution in [0.5, 0.6) is 0 Å². The van der Waals surface area contributed by atoms with Crippen molar-refractivity contribution >= 4 is 28.9 Å². The van der Waals surface area contributed by atoms with E-state index in [0.717, 1.165) is 33.5 Å². The fourth-order valence-corrected chi connectivity index (χ4v) is 6.05. The average Bonchev–Trinajstić information content (AvgIpc) is 2.41. The van der Waals surface area contributed by atoms with Gasteiger partial charge < -0.3 is 5.32 Å². The molecule has 114 valence electrons. The summed E-state index contributed by atoms with van der Waals surface area (Å²) in [4.78, 5) is 0. The van der Waals surface area contributed by atoms with E-state index in [-0.39, 0.29) is 0 Å². The number of hydrogen-bond acceptors (Lipinski definition) is 1. The summed E-state index contributed by atoms with van der Waals surface area (Å²) in [7, 11) is 0. The first-order valence-corrected chi connectivity index (χ1v) is 9.01. The molecule has 1 unspecified atom stereocenters. The van der Waals surface area contributed by atoms with Gasteiger partial charge in [0, 0.05) is 11.1 Å². The quantitative estimate of drug-likeness (QED) is 0.718. The SMILES string of the molecule is CC(Nc1cc(Cl)ccc1Cl)C12CC3CC(CC(C3)C1)C2. The Morgan fingerprint density at radius 1 is 1.05 bits per heavy atom. The van der Waals surface area contributed by atoms with Crippen LogP contribution in [0, 0.1) is 23.2 Å². The maximum Gasteiger partial charge on any atom is 0.0638 e. The van der Waals surface area contributed by atoms with Crippen molar-refractivity contribution in [3.05, 3.63) is 28.2 Å². The molecule has 1 nitrogen and oxygen atoms in total. The van der Waals surface area contributed by atoms with Gasteiger partial charge in [-0.3, -0.25) is 0 Å². The Bertz CT molecular complexity index is 519. The maximum absolute atomic E-state index is 6.33. The van der Waals surface area contributed by atoms with Crippen LogP contribution in [-0.2, 0) is 0 Å². The van der Waals surface area contributed by atoms with Gasteiger partial charge in [0.05, 0.1) is 10.7 Å². The Kier molecular flexibility index (Phi) is 3.42. The first-order valence-electron chi connectivity index (χ1n) is 8.26. The first kappa shape index (κ1) is 14.2. The van der Waals surface area contributed by atoms with Gasteiger partial charge in [0.1, 0.15) is 0 Å². The zero-order valence-electron chi connectivity index (χ0n) is 12.5. The van der Waals surface area contributed by atoms with Crippen molar-refractivity contribution in [2.45, 2.75) is 51.5 Å². The molecule has 3 heteroatoms. The van der Waals surface area contributed by atoms with Crippen LogP contribution in [0.3, 0.4) is 0 Å². The highest BCUT2D eigenvalue weighted by atomic mass is 35.5. The molecule has 1 N–H and O–H groups in total. The third-order valence-corrected chi connectivity index (χ3v) is 6.87. The maximum atomic E-state index is 6.33. The molecule has 4 bridgehead atoms. The summed E-state index contributed by atoms with van der Waals surface area (Å²) in [6, 6.07) is 6.17. The Hall–Kier alpha value is -0.400. The lowest BCUT2D eigenvalue weighted by Gasteiger charge is -2.59. The normalized spacial score (nSPS) is 38.5. The molecule has 4 aliphatic rings. The largest absolute Gasteiger partial charge is 0.381 e. The molecular weight excluding hydrogens is 301 g/mol. The van der Waals surface area contributed by atoms with E-state index < -0.39 is 0 Å². The van der Waals surface area contributed by atoms with Crippen LogP contribution < -0.4 is 5.32 Å². The van der Waals surface area contributed by atoms with E-state index in [1.807, 2.05) is 18.2 Å². The standard InChI is InChI=1S/C18H23Cl2N/c1-11(21-17-7-15(19)2-3-16(17)20)18-8-12-4-13(9-18)6-14(5-12)10-18/h2-3,7,11-14,21H,4-6,8-10H2,1H3. The molecule has 0 aromatic heterocycles. The van der Waals surface area contributed by atoms with E-state index in [1.165, 1.54) is 38.5 Å². The molecule has 0 aliphatic heterocycles. The number of hydrogen-bond donors (Lipinski definition) is 1. The number of nitrogens with one attached hydrogen (secondary N) is 1. The smallest absolute Gasteiger partial charge is 0.0638 e. The molecule has 0 amide bonds. The lowest BCUT2D eigenvalue weighted by atomic mass is 9.48. The summed E-state index contributed by atoms with van der Waals surface area (Å²) < 4.78 is 0. The van der Waals surface area contributed by atoms with E-state index in [9.17, 15) is 0 Å². The molecular formula is C18H23Cl2N. The molecule has 21 heavy (non-hydrogen) atoms. The second-order valence-corrected chi connectivity index (χ2v) is 8.61. The van der Waals surface area contributed by atoms with Gasteiger partial charge in [0.15, 0.2) is 0 Å². The summed E-state index contributed by atoms with van der Waals surface area (Å²) in [5.41, 5.74) is 1.48. The summed E-state index contributed by atoms with van der Waals surface area (Å²) in [6.07, 6.45) is 8.69. The van der Waals surface area contributed by atoms with Crippen LogP contribution in [0.25, 0.3) is 0 Å². The summed E-state index contributed by atoms with van der Waals surface area (Å²) >= 11 is 12.4. The Labute approximate surface area is 137 Å². The summed E-state index contributed by atoms with van der Waals surface area (Å²) in [5.74, 6) is 2.95. The van der Waals surface area contributed by atoms with Gasteiger partial charge in [0.2, 0.25) is 0 Å². The van der Waals surface area contributed by atoms with Crippen LogP contribution >= 0.6 is 23.2 Å². The minimum absolute atomic E-state index is 0.474. The molecule has 4 aliphatic carbocycles. The highest BCUT2D eigenvalue weighted by Gasteiger charge is 2.53. The van der Waals surface area contributed by atoms with Crippen molar-refractivity contribution in [1.29, 1.82) is 0 Å². The number of benzene rings is 1. The lowest BCUT2D eigenvalue weighted by Crippen LogP contribution is -2.52. The highest BCUT2D eigenvalue weighted by Crippen LogP contribution is 2.61. The molecule has 0 saturated heterocycles. The van der Waals surface area contributed by atoms with Gasteiger partial charge in [-0.15, -0.1) is 0 Å². The third kappa shape index (κ3) is 2.47. The third-order valence-electron chi connectivity index (χ3n) is 6.30. The Morgan fingerprint density at radius 3 is 2.19 bits per heavy atom. The molecule has 1 atom stereocenters. The molecule has 1 aromatic carbocycles. The monoisotopic (exact) mass is 323 g/mol. The zero-order chi connectivity index (χ0) is 14.6. The van der Waals surface area contributed by atoms with Crippen LogP contribution in [0.2, 0.25) is 10.0 Å². The van der Waals surface area contributed by atoms with E-state index >= 15 is 0 Å². The van der Waals surface area contributed by atoms with Crippen molar-refractivity contribution < 1.29 is 0 Å². The van der Waals surface area contributed by atoms with Gasteiger partial charge in [-0.25, -0.2) is 0 Å². The van der Waals surface area contributed by atoms with Crippen molar-refractivity contribution in [1.82, 2.24) is 0 Å². The summed E-state index contributed by atoms with van der Waals surface area (Å²) in [5, 5.41) is 5.22. The predicted molar refractivity (Wildman–Crippen MR) is 90.2 cm³/mol. The lowest BCUT2D eigenvalue weighted by molar-refractivity contribution is -0.0602. The van der Waals surface area contributed by atoms with Crippen LogP contribution in [0.15, 0.2) is 18.2 Å². The van der Waals surface area contributed by atoms with Crippen LogP contribution in [0.4, 0.5) is 5.69 Å². The van der Waals surface area contributed by atoms with E-state index in [4.69, 9.17) is 23.2 Å². The first-order chi connectivity index (χ1) is 10.0.